The molecule has 1 atom stereocenters. The van der Waals surface area contributed by atoms with Gasteiger partial charge in [0, 0.05) is 5.25 Å². The van der Waals surface area contributed by atoms with Crippen LogP contribution in [0.1, 0.15) is 6.42 Å². The Bertz CT molecular complexity index is 231. The zero-order chi connectivity index (χ0) is 8.23. The van der Waals surface area contributed by atoms with Gasteiger partial charge in [-0.25, -0.2) is 0 Å². The van der Waals surface area contributed by atoms with E-state index in [9.17, 15) is 0 Å². The van der Waals surface area contributed by atoms with Gasteiger partial charge in [-0.2, -0.15) is 11.8 Å². The van der Waals surface area contributed by atoms with Crippen LogP contribution in [0.2, 0.25) is 0 Å². The van der Waals surface area contributed by atoms with Crippen molar-refractivity contribution in [3.05, 3.63) is 30.3 Å². The molecule has 1 unspecified atom stereocenters. The Morgan fingerprint density at radius 2 is 2.08 bits per heavy atom. The predicted molar refractivity (Wildman–Crippen MR) is 52.8 cm³/mol. The minimum Gasteiger partial charge on any atom is -0.492 e. The van der Waals surface area contributed by atoms with Gasteiger partial charge in [-0.1, -0.05) is 18.2 Å². The Balaban J connectivity index is 1.79. The Hall–Kier alpha value is -0.630. The van der Waals surface area contributed by atoms with Crippen molar-refractivity contribution in [3.63, 3.8) is 0 Å². The van der Waals surface area contributed by atoms with E-state index in [1.165, 1.54) is 12.2 Å². The largest absolute Gasteiger partial charge is 0.492 e. The number of thioether (sulfide) groups is 1. The minimum absolute atomic E-state index is 0.741. The highest BCUT2D eigenvalue weighted by atomic mass is 32.2. The lowest BCUT2D eigenvalue weighted by atomic mass is 10.3. The Labute approximate surface area is 77.1 Å². The zero-order valence-electron chi connectivity index (χ0n) is 6.90. The summed E-state index contributed by atoms with van der Waals surface area (Å²) in [7, 11) is 0. The summed E-state index contributed by atoms with van der Waals surface area (Å²) in [6.45, 7) is 0.870. The molecule has 1 nitrogen and oxygen atoms in total. The molecule has 12 heavy (non-hydrogen) atoms. The SMILES string of the molecule is c1ccc(OCC2CCS2)cc1. The molecule has 0 aromatic heterocycles. The van der Waals surface area contributed by atoms with Crippen LogP contribution < -0.4 is 4.74 Å². The molecule has 1 heterocycles. The average Bonchev–Trinajstić information content (AvgIpc) is 2.04. The topological polar surface area (TPSA) is 9.23 Å². The van der Waals surface area contributed by atoms with Gasteiger partial charge < -0.3 is 4.74 Å². The molecule has 1 aromatic rings. The van der Waals surface area contributed by atoms with Crippen LogP contribution in [0.15, 0.2) is 30.3 Å². The molecule has 1 aliphatic heterocycles. The van der Waals surface area contributed by atoms with Crippen LogP contribution in [-0.2, 0) is 0 Å². The molecule has 0 saturated carbocycles. The molecule has 1 aromatic carbocycles. The highest BCUT2D eigenvalue weighted by Gasteiger charge is 2.18. The fourth-order valence-corrected chi connectivity index (χ4v) is 1.86. The van der Waals surface area contributed by atoms with E-state index >= 15 is 0 Å². The molecular formula is C10H12OS. The highest BCUT2D eigenvalue weighted by molar-refractivity contribution is 8.01. The predicted octanol–water partition coefficient (Wildman–Crippen LogP) is 2.57. The van der Waals surface area contributed by atoms with Gasteiger partial charge in [0.2, 0.25) is 0 Å². The Morgan fingerprint density at radius 1 is 1.33 bits per heavy atom. The van der Waals surface area contributed by atoms with Crippen LogP contribution in [0.25, 0.3) is 0 Å². The van der Waals surface area contributed by atoms with E-state index in [2.05, 4.69) is 0 Å². The van der Waals surface area contributed by atoms with E-state index < -0.39 is 0 Å². The maximum atomic E-state index is 5.59. The molecule has 0 amide bonds. The number of hydrogen-bond acceptors (Lipinski definition) is 2. The lowest BCUT2D eigenvalue weighted by Crippen LogP contribution is -2.23. The third-order valence-electron chi connectivity index (χ3n) is 1.97. The molecule has 2 rings (SSSR count). The molecule has 2 heteroatoms. The molecule has 1 aliphatic rings. The first-order chi connectivity index (χ1) is 5.95. The summed E-state index contributed by atoms with van der Waals surface area (Å²) >= 11 is 2.00. The first-order valence-corrected chi connectivity index (χ1v) is 5.29. The van der Waals surface area contributed by atoms with Gasteiger partial charge in [0.25, 0.3) is 0 Å². The lowest BCUT2D eigenvalue weighted by molar-refractivity contribution is 0.311. The van der Waals surface area contributed by atoms with Gasteiger partial charge in [0.05, 0.1) is 0 Å². The van der Waals surface area contributed by atoms with Gasteiger partial charge in [-0.15, -0.1) is 0 Å². The second kappa shape index (κ2) is 3.85. The molecule has 0 bridgehead atoms. The molecule has 64 valence electrons. The number of ether oxygens (including phenoxy) is 1. The van der Waals surface area contributed by atoms with E-state index in [0.29, 0.717) is 0 Å². The Kier molecular flexibility index (Phi) is 2.57. The monoisotopic (exact) mass is 180 g/mol. The standard InChI is InChI=1S/C10H12OS/c1-2-4-9(5-3-1)11-8-10-6-7-12-10/h1-5,10H,6-8H2. The van der Waals surface area contributed by atoms with Crippen LogP contribution in [0.3, 0.4) is 0 Å². The first-order valence-electron chi connectivity index (χ1n) is 4.24. The van der Waals surface area contributed by atoms with Crippen molar-refractivity contribution in [2.45, 2.75) is 11.7 Å². The molecule has 1 fully saturated rings. The quantitative estimate of drug-likeness (QED) is 0.707. The van der Waals surface area contributed by atoms with E-state index in [0.717, 1.165) is 17.6 Å². The molecular weight excluding hydrogens is 168 g/mol. The molecule has 1 saturated heterocycles. The normalized spacial score (nSPS) is 21.5. The maximum Gasteiger partial charge on any atom is 0.119 e. The van der Waals surface area contributed by atoms with Crippen LogP contribution in [0.5, 0.6) is 5.75 Å². The summed E-state index contributed by atoms with van der Waals surface area (Å²) in [6.07, 6.45) is 1.32. The van der Waals surface area contributed by atoms with Crippen LogP contribution in [-0.4, -0.2) is 17.6 Å². The fraction of sp³-hybridized carbons (Fsp3) is 0.400. The van der Waals surface area contributed by atoms with Crippen molar-refractivity contribution < 1.29 is 4.74 Å². The van der Waals surface area contributed by atoms with E-state index in [1.807, 2.05) is 42.1 Å². The molecule has 0 radical (unpaired) electrons. The second-order valence-corrected chi connectivity index (χ2v) is 4.31. The van der Waals surface area contributed by atoms with E-state index in [-0.39, 0.29) is 0 Å². The van der Waals surface area contributed by atoms with Crippen LogP contribution in [0.4, 0.5) is 0 Å². The van der Waals surface area contributed by atoms with Crippen LogP contribution in [0, 0.1) is 0 Å². The minimum atomic E-state index is 0.741. The number of para-hydroxylation sites is 1. The number of benzene rings is 1. The summed E-state index contributed by atoms with van der Waals surface area (Å²) in [5.41, 5.74) is 0. The summed E-state index contributed by atoms with van der Waals surface area (Å²) in [6, 6.07) is 10.0. The molecule has 0 spiro atoms. The zero-order valence-corrected chi connectivity index (χ0v) is 7.72. The maximum absolute atomic E-state index is 5.59. The Morgan fingerprint density at radius 3 is 2.67 bits per heavy atom. The van der Waals surface area contributed by atoms with Crippen molar-refractivity contribution in [1.82, 2.24) is 0 Å². The number of hydrogen-bond donors (Lipinski definition) is 0. The first kappa shape index (κ1) is 7.99. The second-order valence-electron chi connectivity index (χ2n) is 2.91. The van der Waals surface area contributed by atoms with E-state index in [1.54, 1.807) is 0 Å². The third kappa shape index (κ3) is 1.95. The van der Waals surface area contributed by atoms with Crippen molar-refractivity contribution in [2.75, 3.05) is 12.4 Å². The van der Waals surface area contributed by atoms with Crippen molar-refractivity contribution in [2.24, 2.45) is 0 Å². The average molecular weight is 180 g/mol. The summed E-state index contributed by atoms with van der Waals surface area (Å²) in [4.78, 5) is 0. The molecule has 0 N–H and O–H groups in total. The van der Waals surface area contributed by atoms with Crippen LogP contribution >= 0.6 is 11.8 Å². The van der Waals surface area contributed by atoms with Crippen molar-refractivity contribution in [3.8, 4) is 5.75 Å². The van der Waals surface area contributed by atoms with Gasteiger partial charge in [-0.3, -0.25) is 0 Å². The third-order valence-corrected chi connectivity index (χ3v) is 3.29. The fourth-order valence-electron chi connectivity index (χ4n) is 1.12. The molecule has 0 aliphatic carbocycles. The summed E-state index contributed by atoms with van der Waals surface area (Å²) in [5.74, 6) is 2.30. The summed E-state index contributed by atoms with van der Waals surface area (Å²) in [5, 5.41) is 0.741. The van der Waals surface area contributed by atoms with Crippen molar-refractivity contribution >= 4 is 11.8 Å². The lowest BCUT2D eigenvalue weighted by Gasteiger charge is -2.24. The smallest absolute Gasteiger partial charge is 0.119 e. The summed E-state index contributed by atoms with van der Waals surface area (Å²) < 4.78 is 5.59. The van der Waals surface area contributed by atoms with Gasteiger partial charge in [-0.05, 0) is 24.3 Å². The van der Waals surface area contributed by atoms with Gasteiger partial charge in [0.15, 0.2) is 0 Å². The van der Waals surface area contributed by atoms with Crippen molar-refractivity contribution in [1.29, 1.82) is 0 Å². The van der Waals surface area contributed by atoms with Gasteiger partial charge >= 0.3 is 0 Å². The van der Waals surface area contributed by atoms with Gasteiger partial charge in [0.1, 0.15) is 12.4 Å². The number of rotatable bonds is 3. The van der Waals surface area contributed by atoms with E-state index in [4.69, 9.17) is 4.74 Å². The highest BCUT2D eigenvalue weighted by Crippen LogP contribution is 2.28.